The second-order valence-electron chi connectivity index (χ2n) is 6.70. The van der Waals surface area contributed by atoms with Crippen LogP contribution in [0.3, 0.4) is 0 Å². The monoisotopic (exact) mass is 456 g/mol. The van der Waals surface area contributed by atoms with Crippen LogP contribution in [0.15, 0.2) is 60.8 Å². The summed E-state index contributed by atoms with van der Waals surface area (Å²) in [5.41, 5.74) is 0.792. The van der Waals surface area contributed by atoms with E-state index in [0.717, 1.165) is 12.1 Å². The highest BCUT2D eigenvalue weighted by Crippen LogP contribution is 2.30. The average Bonchev–Trinajstić information content (AvgIpc) is 2.81. The molecule has 3 N–H and O–H groups in total. The van der Waals surface area contributed by atoms with Crippen LogP contribution in [0, 0.1) is 11.6 Å². The van der Waals surface area contributed by atoms with Crippen molar-refractivity contribution in [2.75, 3.05) is 18.5 Å². The highest BCUT2D eigenvalue weighted by atomic mass is 19.2. The molecule has 0 aliphatic carbocycles. The van der Waals surface area contributed by atoms with Crippen molar-refractivity contribution in [1.82, 2.24) is 15.6 Å². The molecule has 0 aliphatic heterocycles. The molecule has 0 unspecified atom stereocenters. The zero-order valence-electron chi connectivity index (χ0n) is 17.7. The normalized spacial score (nSPS) is 10.3. The zero-order chi connectivity index (χ0) is 23.6. The van der Waals surface area contributed by atoms with Crippen molar-refractivity contribution >= 4 is 17.6 Å². The first-order chi connectivity index (χ1) is 15.9. The van der Waals surface area contributed by atoms with E-state index in [-0.39, 0.29) is 18.8 Å². The molecule has 1 heterocycles. The number of amides is 3. The van der Waals surface area contributed by atoms with Gasteiger partial charge in [0.1, 0.15) is 0 Å². The number of ether oxygens (including phenoxy) is 2. The van der Waals surface area contributed by atoms with Gasteiger partial charge in [0.2, 0.25) is 11.8 Å². The second kappa shape index (κ2) is 11.4. The van der Waals surface area contributed by atoms with Gasteiger partial charge in [0.05, 0.1) is 13.2 Å². The lowest BCUT2D eigenvalue weighted by atomic mass is 10.3. The summed E-state index contributed by atoms with van der Waals surface area (Å²) in [5.74, 6) is -1.18. The van der Waals surface area contributed by atoms with Gasteiger partial charge in [-0.2, -0.15) is 0 Å². The molecule has 172 valence electrons. The number of benzene rings is 2. The van der Waals surface area contributed by atoms with Crippen LogP contribution >= 0.6 is 0 Å². The Morgan fingerprint density at radius 2 is 1.76 bits per heavy atom. The number of urea groups is 1. The van der Waals surface area contributed by atoms with Crippen LogP contribution in [0.1, 0.15) is 12.5 Å². The molecule has 33 heavy (non-hydrogen) atoms. The van der Waals surface area contributed by atoms with Gasteiger partial charge in [-0.25, -0.2) is 18.6 Å². The molecular weight excluding hydrogens is 434 g/mol. The Morgan fingerprint density at radius 1 is 0.970 bits per heavy atom. The van der Waals surface area contributed by atoms with Crippen molar-refractivity contribution in [2.24, 2.45) is 0 Å². The standard InChI is InChI=1S/C23H22F2N4O4/c1-2-32-19-5-3-4-6-20(19)33-22-10-7-15(12-26-22)13-27-23(31)28-14-21(30)29-16-8-9-17(24)18(25)11-16/h3-12H,2,13-14H2,1H3,(H,29,30)(H2,27,28,31). The van der Waals surface area contributed by atoms with Crippen LogP contribution < -0.4 is 25.4 Å². The highest BCUT2D eigenvalue weighted by Gasteiger charge is 2.09. The minimum absolute atomic E-state index is 0.0818. The molecule has 0 fully saturated rings. The topological polar surface area (TPSA) is 102 Å². The first kappa shape index (κ1) is 23.5. The fourth-order valence-electron chi connectivity index (χ4n) is 2.68. The van der Waals surface area contributed by atoms with Gasteiger partial charge in [-0.3, -0.25) is 4.79 Å². The van der Waals surface area contributed by atoms with Crippen LogP contribution in [0.5, 0.6) is 17.4 Å². The number of halogens is 2. The SMILES string of the molecule is CCOc1ccccc1Oc1ccc(CNC(=O)NCC(=O)Nc2ccc(F)c(F)c2)cn1. The molecule has 0 spiro atoms. The van der Waals surface area contributed by atoms with Gasteiger partial charge in [-0.15, -0.1) is 0 Å². The van der Waals surface area contributed by atoms with Crippen molar-refractivity contribution in [3.05, 3.63) is 78.0 Å². The van der Waals surface area contributed by atoms with Crippen LogP contribution in [-0.4, -0.2) is 30.1 Å². The molecule has 0 aliphatic rings. The van der Waals surface area contributed by atoms with Crippen molar-refractivity contribution in [2.45, 2.75) is 13.5 Å². The average molecular weight is 456 g/mol. The number of carbonyl (C=O) groups is 2. The summed E-state index contributed by atoms with van der Waals surface area (Å²) in [7, 11) is 0. The second-order valence-corrected chi connectivity index (χ2v) is 6.70. The molecule has 8 nitrogen and oxygen atoms in total. The lowest BCUT2D eigenvalue weighted by Crippen LogP contribution is -2.39. The minimum Gasteiger partial charge on any atom is -0.490 e. The molecule has 0 saturated heterocycles. The fourth-order valence-corrected chi connectivity index (χ4v) is 2.68. The Labute approximate surface area is 188 Å². The summed E-state index contributed by atoms with van der Waals surface area (Å²) in [6.45, 7) is 2.20. The number of nitrogens with one attached hydrogen (secondary N) is 3. The Hall–Kier alpha value is -4.21. The van der Waals surface area contributed by atoms with Gasteiger partial charge in [0.15, 0.2) is 23.1 Å². The molecule has 2 aromatic carbocycles. The molecule has 0 bridgehead atoms. The predicted octanol–water partition coefficient (Wildman–Crippen LogP) is 3.99. The number of anilines is 1. The van der Waals surface area contributed by atoms with Crippen molar-refractivity contribution in [3.8, 4) is 17.4 Å². The van der Waals surface area contributed by atoms with E-state index in [1.807, 2.05) is 19.1 Å². The molecule has 0 radical (unpaired) electrons. The Kier molecular flexibility index (Phi) is 8.12. The number of aromatic nitrogens is 1. The van der Waals surface area contributed by atoms with E-state index >= 15 is 0 Å². The summed E-state index contributed by atoms with van der Waals surface area (Å²) in [6, 6.07) is 13.0. The van der Waals surface area contributed by atoms with E-state index in [1.165, 1.54) is 6.07 Å². The summed E-state index contributed by atoms with van der Waals surface area (Å²) < 4.78 is 37.3. The molecule has 3 aromatic rings. The minimum atomic E-state index is -1.08. The molecule has 3 amide bonds. The maximum absolute atomic E-state index is 13.2. The Bertz CT molecular complexity index is 1110. The van der Waals surface area contributed by atoms with Gasteiger partial charge in [-0.05, 0) is 36.8 Å². The third kappa shape index (κ3) is 7.17. The summed E-state index contributed by atoms with van der Waals surface area (Å²) in [5, 5.41) is 7.32. The number of hydrogen-bond acceptors (Lipinski definition) is 5. The Balaban J connectivity index is 1.43. The zero-order valence-corrected chi connectivity index (χ0v) is 17.7. The van der Waals surface area contributed by atoms with Gasteiger partial charge in [0, 0.05) is 30.6 Å². The lowest BCUT2D eigenvalue weighted by Gasteiger charge is -2.11. The number of hydrogen-bond donors (Lipinski definition) is 3. The number of carbonyl (C=O) groups excluding carboxylic acids is 2. The molecule has 10 heteroatoms. The van der Waals surface area contributed by atoms with E-state index in [0.29, 0.717) is 29.5 Å². The molecular formula is C23H22F2N4O4. The number of rotatable bonds is 9. The maximum Gasteiger partial charge on any atom is 0.315 e. The van der Waals surface area contributed by atoms with Crippen LogP contribution in [0.4, 0.5) is 19.3 Å². The van der Waals surface area contributed by atoms with Gasteiger partial charge < -0.3 is 25.4 Å². The third-order valence-corrected chi connectivity index (χ3v) is 4.23. The maximum atomic E-state index is 13.2. The molecule has 0 atom stereocenters. The first-order valence-electron chi connectivity index (χ1n) is 10.1. The summed E-state index contributed by atoms with van der Waals surface area (Å²) >= 11 is 0. The summed E-state index contributed by atoms with van der Waals surface area (Å²) in [4.78, 5) is 28.0. The van der Waals surface area contributed by atoms with Gasteiger partial charge in [-0.1, -0.05) is 18.2 Å². The van der Waals surface area contributed by atoms with Crippen LogP contribution in [-0.2, 0) is 11.3 Å². The Morgan fingerprint density at radius 3 is 2.45 bits per heavy atom. The third-order valence-electron chi connectivity index (χ3n) is 4.23. The first-order valence-corrected chi connectivity index (χ1v) is 10.1. The van der Waals surface area contributed by atoms with Crippen molar-refractivity contribution in [1.29, 1.82) is 0 Å². The van der Waals surface area contributed by atoms with Gasteiger partial charge in [0.25, 0.3) is 0 Å². The van der Waals surface area contributed by atoms with Crippen LogP contribution in [0.25, 0.3) is 0 Å². The largest absolute Gasteiger partial charge is 0.490 e. The highest BCUT2D eigenvalue weighted by molar-refractivity contribution is 5.94. The number of pyridine rings is 1. The van der Waals surface area contributed by atoms with Crippen LogP contribution in [0.2, 0.25) is 0 Å². The lowest BCUT2D eigenvalue weighted by molar-refractivity contribution is -0.115. The fraction of sp³-hybridized carbons (Fsp3) is 0.174. The van der Waals surface area contributed by atoms with E-state index in [4.69, 9.17) is 9.47 Å². The number of para-hydroxylation sites is 2. The predicted molar refractivity (Wildman–Crippen MR) is 117 cm³/mol. The van der Waals surface area contributed by atoms with E-state index in [9.17, 15) is 18.4 Å². The smallest absolute Gasteiger partial charge is 0.315 e. The van der Waals surface area contributed by atoms with Crippen molar-refractivity contribution < 1.29 is 27.8 Å². The van der Waals surface area contributed by atoms with Gasteiger partial charge >= 0.3 is 6.03 Å². The molecule has 0 saturated carbocycles. The summed E-state index contributed by atoms with van der Waals surface area (Å²) in [6.07, 6.45) is 1.55. The van der Waals surface area contributed by atoms with E-state index < -0.39 is 23.6 Å². The van der Waals surface area contributed by atoms with E-state index in [2.05, 4.69) is 20.9 Å². The quantitative estimate of drug-likeness (QED) is 0.452. The number of nitrogens with zero attached hydrogens (tertiary/aromatic N) is 1. The molecule has 3 rings (SSSR count). The van der Waals surface area contributed by atoms with E-state index in [1.54, 1.807) is 30.5 Å². The van der Waals surface area contributed by atoms with Crippen molar-refractivity contribution in [3.63, 3.8) is 0 Å². The molecule has 1 aromatic heterocycles.